The monoisotopic (exact) mass is 265 g/mol. The normalized spacial score (nSPS) is 21.2. The quantitative estimate of drug-likeness (QED) is 0.841. The first kappa shape index (κ1) is 14.6. The molecule has 1 fully saturated rings. The van der Waals surface area contributed by atoms with Gasteiger partial charge in [0.15, 0.2) is 0 Å². The summed E-state index contributed by atoms with van der Waals surface area (Å²) in [7, 11) is 4.40. The standard InChI is InChI=1S/C15H27N3O/c1-13-4-5-15(19-13)7-10-17(2)9-6-14-12-18(3)11-8-16-14/h4-5,14,16H,6-12H2,1-3H3. The second-order valence-corrected chi connectivity index (χ2v) is 5.77. The molecule has 4 heteroatoms. The van der Waals surface area contributed by atoms with Crippen LogP contribution in [0.2, 0.25) is 0 Å². The van der Waals surface area contributed by atoms with Crippen LogP contribution in [0.5, 0.6) is 0 Å². The number of nitrogens with one attached hydrogen (secondary N) is 1. The van der Waals surface area contributed by atoms with E-state index in [0.29, 0.717) is 6.04 Å². The summed E-state index contributed by atoms with van der Waals surface area (Å²) in [5.41, 5.74) is 0. The van der Waals surface area contributed by atoms with Crippen molar-refractivity contribution in [1.29, 1.82) is 0 Å². The summed E-state index contributed by atoms with van der Waals surface area (Å²) in [6.45, 7) is 7.67. The molecule has 19 heavy (non-hydrogen) atoms. The van der Waals surface area contributed by atoms with Gasteiger partial charge in [-0.3, -0.25) is 0 Å². The van der Waals surface area contributed by atoms with Gasteiger partial charge in [-0.15, -0.1) is 0 Å². The maximum atomic E-state index is 5.60. The van der Waals surface area contributed by atoms with E-state index in [0.717, 1.165) is 37.6 Å². The molecule has 1 unspecified atom stereocenters. The van der Waals surface area contributed by atoms with Crippen molar-refractivity contribution in [3.63, 3.8) is 0 Å². The maximum Gasteiger partial charge on any atom is 0.105 e. The molecular weight excluding hydrogens is 238 g/mol. The molecule has 1 saturated heterocycles. The van der Waals surface area contributed by atoms with E-state index >= 15 is 0 Å². The topological polar surface area (TPSA) is 31.6 Å². The van der Waals surface area contributed by atoms with Crippen molar-refractivity contribution in [2.75, 3.05) is 46.8 Å². The average Bonchev–Trinajstić information content (AvgIpc) is 2.80. The minimum atomic E-state index is 0.645. The van der Waals surface area contributed by atoms with Crippen LogP contribution in [0.3, 0.4) is 0 Å². The van der Waals surface area contributed by atoms with Crippen LogP contribution < -0.4 is 5.32 Å². The Kier molecular flexibility index (Phi) is 5.43. The van der Waals surface area contributed by atoms with Crippen LogP contribution in [0.15, 0.2) is 16.5 Å². The number of nitrogens with zero attached hydrogens (tertiary/aromatic N) is 2. The van der Waals surface area contributed by atoms with Crippen molar-refractivity contribution >= 4 is 0 Å². The SMILES string of the molecule is Cc1ccc(CCN(C)CCC2CN(C)CCN2)o1. The third kappa shape index (κ3) is 4.97. The molecule has 0 spiro atoms. The molecule has 0 aliphatic carbocycles. The van der Waals surface area contributed by atoms with Gasteiger partial charge in [0, 0.05) is 38.6 Å². The lowest BCUT2D eigenvalue weighted by Crippen LogP contribution is -2.49. The highest BCUT2D eigenvalue weighted by atomic mass is 16.3. The van der Waals surface area contributed by atoms with E-state index in [2.05, 4.69) is 35.3 Å². The lowest BCUT2D eigenvalue weighted by Gasteiger charge is -2.31. The van der Waals surface area contributed by atoms with Gasteiger partial charge in [0.1, 0.15) is 11.5 Å². The molecule has 0 radical (unpaired) electrons. The molecule has 1 aliphatic heterocycles. The summed E-state index contributed by atoms with van der Waals surface area (Å²) in [5, 5.41) is 3.60. The van der Waals surface area contributed by atoms with Crippen LogP contribution in [0.25, 0.3) is 0 Å². The van der Waals surface area contributed by atoms with Gasteiger partial charge in [-0.1, -0.05) is 0 Å². The number of likely N-dealkylation sites (N-methyl/N-ethyl adjacent to an activating group) is 2. The predicted molar refractivity (Wildman–Crippen MR) is 78.6 cm³/mol. The molecule has 1 atom stereocenters. The Balaban J connectivity index is 1.62. The van der Waals surface area contributed by atoms with E-state index < -0.39 is 0 Å². The van der Waals surface area contributed by atoms with E-state index in [4.69, 9.17) is 4.42 Å². The Bertz CT molecular complexity index is 377. The summed E-state index contributed by atoms with van der Waals surface area (Å²) < 4.78 is 5.60. The number of aryl methyl sites for hydroxylation is 1. The molecule has 1 aromatic rings. The molecule has 0 bridgehead atoms. The van der Waals surface area contributed by atoms with E-state index in [1.54, 1.807) is 0 Å². The van der Waals surface area contributed by atoms with Gasteiger partial charge in [-0.25, -0.2) is 0 Å². The highest BCUT2D eigenvalue weighted by Crippen LogP contribution is 2.08. The first-order chi connectivity index (χ1) is 9.13. The van der Waals surface area contributed by atoms with Crippen molar-refractivity contribution < 1.29 is 4.42 Å². The molecule has 0 saturated carbocycles. The van der Waals surface area contributed by atoms with Gasteiger partial charge < -0.3 is 19.5 Å². The molecule has 0 amide bonds. The zero-order chi connectivity index (χ0) is 13.7. The maximum absolute atomic E-state index is 5.60. The molecular formula is C15H27N3O. The zero-order valence-electron chi connectivity index (χ0n) is 12.5. The van der Waals surface area contributed by atoms with Gasteiger partial charge in [0.25, 0.3) is 0 Å². The second-order valence-electron chi connectivity index (χ2n) is 5.77. The summed E-state index contributed by atoms with van der Waals surface area (Å²) in [6, 6.07) is 4.77. The van der Waals surface area contributed by atoms with Crippen molar-refractivity contribution in [1.82, 2.24) is 15.1 Å². The van der Waals surface area contributed by atoms with E-state index in [1.807, 2.05) is 13.0 Å². The molecule has 0 aromatic carbocycles. The number of hydrogen-bond donors (Lipinski definition) is 1. The van der Waals surface area contributed by atoms with Gasteiger partial charge in [-0.05, 0) is 46.1 Å². The van der Waals surface area contributed by atoms with Crippen LogP contribution in [-0.4, -0.2) is 62.7 Å². The molecule has 108 valence electrons. The van der Waals surface area contributed by atoms with Crippen LogP contribution in [0.1, 0.15) is 17.9 Å². The largest absolute Gasteiger partial charge is 0.466 e. The first-order valence-corrected chi connectivity index (χ1v) is 7.29. The summed E-state index contributed by atoms with van der Waals surface area (Å²) >= 11 is 0. The molecule has 2 rings (SSSR count). The summed E-state index contributed by atoms with van der Waals surface area (Å²) in [6.07, 6.45) is 2.22. The zero-order valence-corrected chi connectivity index (χ0v) is 12.5. The van der Waals surface area contributed by atoms with E-state index in [1.165, 1.54) is 19.5 Å². The van der Waals surface area contributed by atoms with Crippen molar-refractivity contribution in [2.24, 2.45) is 0 Å². The fraction of sp³-hybridized carbons (Fsp3) is 0.733. The van der Waals surface area contributed by atoms with E-state index in [-0.39, 0.29) is 0 Å². The van der Waals surface area contributed by atoms with E-state index in [9.17, 15) is 0 Å². The highest BCUT2D eigenvalue weighted by molar-refractivity contribution is 5.05. The Labute approximate surface area is 116 Å². The molecule has 1 aromatic heterocycles. The lowest BCUT2D eigenvalue weighted by molar-refractivity contribution is 0.214. The van der Waals surface area contributed by atoms with Crippen molar-refractivity contribution in [2.45, 2.75) is 25.8 Å². The fourth-order valence-corrected chi connectivity index (χ4v) is 2.59. The highest BCUT2D eigenvalue weighted by Gasteiger charge is 2.16. The first-order valence-electron chi connectivity index (χ1n) is 7.29. The third-order valence-corrected chi connectivity index (χ3v) is 3.85. The van der Waals surface area contributed by atoms with Crippen LogP contribution in [-0.2, 0) is 6.42 Å². The Morgan fingerprint density at radius 1 is 1.42 bits per heavy atom. The van der Waals surface area contributed by atoms with Crippen molar-refractivity contribution in [3.05, 3.63) is 23.7 Å². The van der Waals surface area contributed by atoms with Gasteiger partial charge in [-0.2, -0.15) is 0 Å². The minimum absolute atomic E-state index is 0.645. The van der Waals surface area contributed by atoms with Crippen LogP contribution in [0.4, 0.5) is 0 Å². The van der Waals surface area contributed by atoms with Gasteiger partial charge in [0.05, 0.1) is 0 Å². The molecule has 2 heterocycles. The molecule has 4 nitrogen and oxygen atoms in total. The summed E-state index contributed by atoms with van der Waals surface area (Å²) in [4.78, 5) is 4.81. The Morgan fingerprint density at radius 2 is 2.26 bits per heavy atom. The smallest absolute Gasteiger partial charge is 0.105 e. The number of rotatable bonds is 6. The fourth-order valence-electron chi connectivity index (χ4n) is 2.59. The summed E-state index contributed by atoms with van der Waals surface area (Å²) in [5.74, 6) is 2.10. The average molecular weight is 265 g/mol. The predicted octanol–water partition coefficient (Wildman–Crippen LogP) is 1.36. The Morgan fingerprint density at radius 3 is 2.95 bits per heavy atom. The van der Waals surface area contributed by atoms with Crippen molar-refractivity contribution in [3.8, 4) is 0 Å². The lowest BCUT2D eigenvalue weighted by atomic mass is 10.1. The molecule has 1 N–H and O–H groups in total. The second kappa shape index (κ2) is 7.08. The third-order valence-electron chi connectivity index (χ3n) is 3.85. The van der Waals surface area contributed by atoms with Gasteiger partial charge in [0.2, 0.25) is 0 Å². The van der Waals surface area contributed by atoms with Gasteiger partial charge >= 0.3 is 0 Å². The minimum Gasteiger partial charge on any atom is -0.466 e. The van der Waals surface area contributed by atoms with Crippen LogP contribution >= 0.6 is 0 Å². The number of piperazine rings is 1. The number of hydrogen-bond acceptors (Lipinski definition) is 4. The van der Waals surface area contributed by atoms with Crippen LogP contribution in [0, 0.1) is 6.92 Å². The number of furan rings is 1. The Hall–Kier alpha value is -0.840. The molecule has 1 aliphatic rings.